The van der Waals surface area contributed by atoms with Gasteiger partial charge in [0.05, 0.1) is 12.8 Å². The molecule has 2 aromatic carbocycles. The third-order valence-corrected chi connectivity index (χ3v) is 4.78. The van der Waals surface area contributed by atoms with Gasteiger partial charge in [-0.05, 0) is 68.3 Å². The highest BCUT2D eigenvalue weighted by Gasteiger charge is 2.16. The predicted octanol–water partition coefficient (Wildman–Crippen LogP) is 4.88. The van der Waals surface area contributed by atoms with Gasteiger partial charge < -0.3 is 25.2 Å². The fraction of sp³-hybridized carbons (Fsp3) is 0.269. The summed E-state index contributed by atoms with van der Waals surface area (Å²) in [6.45, 7) is 6.37. The standard InChI is InChI=1S/C26H29N3O5/c1-26(2,3)34-25(32)29-16-17-6-5-7-20(12-17)28-15-18-10-11-27-22(13-18)19-8-9-21(23(30)14-19)24(31)33-4/h5-14,28,30H,15-16H2,1-4H3,(H,29,32). The highest BCUT2D eigenvalue weighted by atomic mass is 16.6. The van der Waals surface area contributed by atoms with Crippen LogP contribution in [-0.2, 0) is 22.6 Å². The maximum atomic E-state index is 11.9. The highest BCUT2D eigenvalue weighted by Crippen LogP contribution is 2.26. The number of ether oxygens (including phenoxy) is 2. The molecule has 0 aliphatic heterocycles. The molecule has 0 fully saturated rings. The number of phenolic OH excluding ortho intramolecular Hbond substituents is 1. The maximum Gasteiger partial charge on any atom is 0.407 e. The zero-order valence-electron chi connectivity index (χ0n) is 19.7. The molecule has 178 valence electrons. The molecule has 1 heterocycles. The third kappa shape index (κ3) is 6.96. The van der Waals surface area contributed by atoms with E-state index in [4.69, 9.17) is 4.74 Å². The number of aromatic hydroxyl groups is 1. The molecule has 8 heteroatoms. The summed E-state index contributed by atoms with van der Waals surface area (Å²) in [4.78, 5) is 27.9. The molecular weight excluding hydrogens is 434 g/mol. The molecule has 0 radical (unpaired) electrons. The van der Waals surface area contributed by atoms with Gasteiger partial charge in [0.15, 0.2) is 0 Å². The molecule has 8 nitrogen and oxygen atoms in total. The van der Waals surface area contributed by atoms with Crippen molar-refractivity contribution in [3.63, 3.8) is 0 Å². The molecule has 0 aliphatic rings. The van der Waals surface area contributed by atoms with E-state index in [1.54, 1.807) is 12.3 Å². The predicted molar refractivity (Wildman–Crippen MR) is 130 cm³/mol. The maximum absolute atomic E-state index is 11.9. The van der Waals surface area contributed by atoms with Crippen LogP contribution in [0.3, 0.4) is 0 Å². The van der Waals surface area contributed by atoms with E-state index >= 15 is 0 Å². The molecule has 3 aromatic rings. The number of phenols is 1. The van der Waals surface area contributed by atoms with E-state index < -0.39 is 17.7 Å². The molecule has 3 N–H and O–H groups in total. The van der Waals surface area contributed by atoms with Gasteiger partial charge in [-0.15, -0.1) is 0 Å². The van der Waals surface area contributed by atoms with Gasteiger partial charge in [0.1, 0.15) is 16.9 Å². The summed E-state index contributed by atoms with van der Waals surface area (Å²) < 4.78 is 9.92. The first-order valence-corrected chi connectivity index (χ1v) is 10.8. The Bertz CT molecular complexity index is 1170. The lowest BCUT2D eigenvalue weighted by atomic mass is 10.1. The van der Waals surface area contributed by atoms with E-state index in [0.29, 0.717) is 24.3 Å². The largest absolute Gasteiger partial charge is 0.507 e. The molecule has 0 atom stereocenters. The minimum absolute atomic E-state index is 0.102. The molecular formula is C26H29N3O5. The lowest BCUT2D eigenvalue weighted by Crippen LogP contribution is -2.32. The van der Waals surface area contributed by atoms with E-state index in [9.17, 15) is 14.7 Å². The monoisotopic (exact) mass is 463 g/mol. The van der Waals surface area contributed by atoms with Crippen molar-refractivity contribution < 1.29 is 24.2 Å². The number of carbonyl (C=O) groups is 2. The Hall–Kier alpha value is -4.07. The minimum Gasteiger partial charge on any atom is -0.507 e. The fourth-order valence-corrected chi connectivity index (χ4v) is 3.20. The average Bonchev–Trinajstić information content (AvgIpc) is 2.80. The summed E-state index contributed by atoms with van der Waals surface area (Å²) in [5.74, 6) is -0.759. The van der Waals surface area contributed by atoms with Gasteiger partial charge in [-0.25, -0.2) is 9.59 Å². The normalized spacial score (nSPS) is 10.9. The molecule has 0 bridgehead atoms. The van der Waals surface area contributed by atoms with Gasteiger partial charge in [0.25, 0.3) is 0 Å². The number of rotatable bonds is 7. The topological polar surface area (TPSA) is 110 Å². The van der Waals surface area contributed by atoms with Gasteiger partial charge >= 0.3 is 12.1 Å². The zero-order valence-corrected chi connectivity index (χ0v) is 19.7. The number of amides is 1. The number of esters is 1. The molecule has 0 aliphatic carbocycles. The van der Waals surface area contributed by atoms with Crippen LogP contribution in [-0.4, -0.2) is 34.9 Å². The van der Waals surface area contributed by atoms with E-state index in [2.05, 4.69) is 20.4 Å². The number of methoxy groups -OCH3 is 1. The number of nitrogens with one attached hydrogen (secondary N) is 2. The number of alkyl carbamates (subject to hydrolysis) is 1. The van der Waals surface area contributed by atoms with Crippen LogP contribution in [0.1, 0.15) is 42.3 Å². The van der Waals surface area contributed by atoms with Gasteiger partial charge in [-0.2, -0.15) is 0 Å². The lowest BCUT2D eigenvalue weighted by Gasteiger charge is -2.19. The summed E-state index contributed by atoms with van der Waals surface area (Å²) in [6.07, 6.45) is 1.24. The third-order valence-electron chi connectivity index (χ3n) is 4.78. The van der Waals surface area contributed by atoms with Crippen LogP contribution >= 0.6 is 0 Å². The molecule has 1 amide bonds. The van der Waals surface area contributed by atoms with Crippen molar-refractivity contribution in [3.05, 3.63) is 77.5 Å². The Kier molecular flexibility index (Phi) is 7.73. The number of hydrogen-bond acceptors (Lipinski definition) is 7. The van der Waals surface area contributed by atoms with Gasteiger partial charge in [-0.3, -0.25) is 4.98 Å². The molecule has 3 rings (SSSR count). The summed E-state index contributed by atoms with van der Waals surface area (Å²) in [5, 5.41) is 16.3. The number of carbonyl (C=O) groups excluding carboxylic acids is 2. The van der Waals surface area contributed by atoms with Gasteiger partial charge in [0.2, 0.25) is 0 Å². The Morgan fingerprint density at radius 2 is 1.76 bits per heavy atom. The number of aromatic nitrogens is 1. The smallest absolute Gasteiger partial charge is 0.407 e. The Balaban J connectivity index is 1.63. The number of benzene rings is 2. The Labute approximate surface area is 198 Å². The van der Waals surface area contributed by atoms with E-state index in [1.165, 1.54) is 19.2 Å². The summed E-state index contributed by atoms with van der Waals surface area (Å²) in [7, 11) is 1.26. The van der Waals surface area contributed by atoms with Crippen LogP contribution in [0.2, 0.25) is 0 Å². The molecule has 0 unspecified atom stereocenters. The van der Waals surface area contributed by atoms with Crippen LogP contribution in [0.5, 0.6) is 5.75 Å². The number of hydrogen-bond donors (Lipinski definition) is 3. The van der Waals surface area contributed by atoms with Crippen LogP contribution in [0, 0.1) is 0 Å². The van der Waals surface area contributed by atoms with Crippen molar-refractivity contribution in [2.24, 2.45) is 0 Å². The van der Waals surface area contributed by atoms with Crippen molar-refractivity contribution in [2.75, 3.05) is 12.4 Å². The van der Waals surface area contributed by atoms with Gasteiger partial charge in [-0.1, -0.05) is 18.2 Å². The van der Waals surface area contributed by atoms with Crippen LogP contribution in [0.25, 0.3) is 11.3 Å². The molecule has 34 heavy (non-hydrogen) atoms. The quantitative estimate of drug-likeness (QED) is 0.429. The van der Waals surface area contributed by atoms with E-state index in [1.807, 2.05) is 57.2 Å². The van der Waals surface area contributed by atoms with E-state index in [-0.39, 0.29) is 11.3 Å². The molecule has 1 aromatic heterocycles. The summed E-state index contributed by atoms with van der Waals surface area (Å²) in [6, 6.07) is 16.3. The number of pyridine rings is 1. The lowest BCUT2D eigenvalue weighted by molar-refractivity contribution is 0.0522. The fourth-order valence-electron chi connectivity index (χ4n) is 3.20. The molecule has 0 spiro atoms. The Morgan fingerprint density at radius 1 is 1.00 bits per heavy atom. The van der Waals surface area contributed by atoms with Crippen molar-refractivity contribution >= 4 is 17.7 Å². The van der Waals surface area contributed by atoms with Crippen molar-refractivity contribution in [1.82, 2.24) is 10.3 Å². The average molecular weight is 464 g/mol. The van der Waals surface area contributed by atoms with E-state index in [0.717, 1.165) is 16.8 Å². The van der Waals surface area contributed by atoms with Gasteiger partial charge in [0, 0.05) is 30.5 Å². The first-order chi connectivity index (χ1) is 16.1. The van der Waals surface area contributed by atoms with Crippen LogP contribution in [0.4, 0.5) is 10.5 Å². The highest BCUT2D eigenvalue weighted by molar-refractivity contribution is 5.93. The summed E-state index contributed by atoms with van der Waals surface area (Å²) in [5.41, 5.74) is 3.74. The zero-order chi connectivity index (χ0) is 24.7. The van der Waals surface area contributed by atoms with Crippen LogP contribution < -0.4 is 10.6 Å². The van der Waals surface area contributed by atoms with Crippen molar-refractivity contribution in [1.29, 1.82) is 0 Å². The van der Waals surface area contributed by atoms with Crippen molar-refractivity contribution in [3.8, 4) is 17.0 Å². The molecule has 0 saturated carbocycles. The SMILES string of the molecule is COC(=O)c1ccc(-c2cc(CNc3cccc(CNC(=O)OC(C)(C)C)c3)ccn2)cc1O. The second-order valence-corrected chi connectivity index (χ2v) is 8.68. The second-order valence-electron chi connectivity index (χ2n) is 8.68. The van der Waals surface area contributed by atoms with Crippen molar-refractivity contribution in [2.45, 2.75) is 39.5 Å². The minimum atomic E-state index is -0.599. The Morgan fingerprint density at radius 3 is 2.47 bits per heavy atom. The molecule has 0 saturated heterocycles. The first kappa shape index (κ1) is 24.6. The first-order valence-electron chi connectivity index (χ1n) is 10.8. The summed E-state index contributed by atoms with van der Waals surface area (Å²) >= 11 is 0. The number of nitrogens with zero attached hydrogens (tertiary/aromatic N) is 1. The van der Waals surface area contributed by atoms with Crippen LogP contribution in [0.15, 0.2) is 60.8 Å². The number of anilines is 1. The second kappa shape index (κ2) is 10.7.